The third-order valence-electron chi connectivity index (χ3n) is 3.04. The summed E-state index contributed by atoms with van der Waals surface area (Å²) in [7, 11) is 0. The Hall–Kier alpha value is -1.67. The van der Waals surface area contributed by atoms with Gasteiger partial charge in [0.1, 0.15) is 5.75 Å². The van der Waals surface area contributed by atoms with Crippen molar-refractivity contribution in [1.82, 2.24) is 0 Å². The van der Waals surface area contributed by atoms with Crippen molar-refractivity contribution in [2.45, 2.75) is 31.7 Å². The minimum Gasteiger partial charge on any atom is -0.492 e. The molecular formula is C13H18BrN3O4. The minimum absolute atomic E-state index is 0.0311. The Bertz CT molecular complexity index is 534. The molecule has 0 saturated heterocycles. The van der Waals surface area contributed by atoms with E-state index in [0.29, 0.717) is 36.1 Å². The lowest BCUT2D eigenvalue weighted by atomic mass is 9.96. The summed E-state index contributed by atoms with van der Waals surface area (Å²) in [6.07, 6.45) is 1.79. The molecule has 0 heterocycles. The molecule has 21 heavy (non-hydrogen) atoms. The fourth-order valence-corrected chi connectivity index (χ4v) is 1.98. The second-order valence-corrected chi connectivity index (χ2v) is 5.81. The molecule has 0 aliphatic heterocycles. The topological polar surface area (TPSA) is 121 Å². The fraction of sp³-hybridized carbons (Fsp3) is 0.462. The average Bonchev–Trinajstić information content (AvgIpc) is 2.39. The lowest BCUT2D eigenvalue weighted by Crippen LogP contribution is -2.49. The van der Waals surface area contributed by atoms with Crippen LogP contribution >= 0.6 is 15.9 Å². The first-order valence-corrected chi connectivity index (χ1v) is 7.19. The van der Waals surface area contributed by atoms with Gasteiger partial charge in [0.05, 0.1) is 27.6 Å². The molecule has 0 radical (unpaired) electrons. The summed E-state index contributed by atoms with van der Waals surface area (Å²) in [5.74, 6) is -0.126. The number of nitro benzene ring substituents is 1. The summed E-state index contributed by atoms with van der Waals surface area (Å²) in [6.45, 7) is 1.96. The van der Waals surface area contributed by atoms with E-state index in [1.807, 2.05) is 0 Å². The van der Waals surface area contributed by atoms with Gasteiger partial charge in [-0.15, -0.1) is 0 Å². The van der Waals surface area contributed by atoms with Crippen molar-refractivity contribution in [1.29, 1.82) is 0 Å². The number of primary amides is 1. The van der Waals surface area contributed by atoms with Crippen molar-refractivity contribution in [2.24, 2.45) is 11.5 Å². The number of amides is 1. The van der Waals surface area contributed by atoms with Crippen LogP contribution in [-0.4, -0.2) is 23.0 Å². The molecule has 0 saturated carbocycles. The number of nitrogens with two attached hydrogens (primary N) is 2. The molecule has 1 aromatic rings. The molecule has 0 aliphatic carbocycles. The van der Waals surface area contributed by atoms with Crippen molar-refractivity contribution in [3.8, 4) is 5.75 Å². The Morgan fingerprint density at radius 3 is 2.71 bits per heavy atom. The minimum atomic E-state index is -1.02. The van der Waals surface area contributed by atoms with Crippen LogP contribution in [0, 0.1) is 10.1 Å². The highest BCUT2D eigenvalue weighted by Gasteiger charge is 2.24. The Balaban J connectivity index is 2.45. The maximum Gasteiger partial charge on any atom is 0.273 e. The van der Waals surface area contributed by atoms with Gasteiger partial charge in [0.15, 0.2) is 0 Å². The molecule has 8 heteroatoms. The highest BCUT2D eigenvalue weighted by molar-refractivity contribution is 9.10. The summed E-state index contributed by atoms with van der Waals surface area (Å²) in [6, 6.07) is 4.32. The first kappa shape index (κ1) is 17.4. The SMILES string of the molecule is CC(N)(CCCCOc1cc([N+](=O)[O-])ccc1Br)C(N)=O. The van der Waals surface area contributed by atoms with Crippen LogP contribution in [0.25, 0.3) is 0 Å². The van der Waals surface area contributed by atoms with Crippen LogP contribution in [0.1, 0.15) is 26.2 Å². The van der Waals surface area contributed by atoms with E-state index in [4.69, 9.17) is 16.2 Å². The van der Waals surface area contributed by atoms with Gasteiger partial charge in [-0.2, -0.15) is 0 Å². The first-order chi connectivity index (χ1) is 9.74. The lowest BCUT2D eigenvalue weighted by Gasteiger charge is -2.19. The number of ether oxygens (including phenoxy) is 1. The van der Waals surface area contributed by atoms with Gasteiger partial charge < -0.3 is 16.2 Å². The maximum absolute atomic E-state index is 11.0. The van der Waals surface area contributed by atoms with Gasteiger partial charge in [0.2, 0.25) is 5.91 Å². The van der Waals surface area contributed by atoms with Crippen molar-refractivity contribution in [3.63, 3.8) is 0 Å². The van der Waals surface area contributed by atoms with E-state index >= 15 is 0 Å². The number of rotatable bonds is 8. The van der Waals surface area contributed by atoms with Crippen LogP contribution in [0.2, 0.25) is 0 Å². The Labute approximate surface area is 130 Å². The summed E-state index contributed by atoms with van der Waals surface area (Å²) < 4.78 is 6.14. The number of nitro groups is 1. The molecule has 1 unspecified atom stereocenters. The Morgan fingerprint density at radius 1 is 1.48 bits per heavy atom. The molecule has 0 aliphatic rings. The zero-order valence-corrected chi connectivity index (χ0v) is 13.3. The zero-order chi connectivity index (χ0) is 16.0. The molecule has 0 aromatic heterocycles. The molecule has 1 amide bonds. The fourth-order valence-electron chi connectivity index (χ4n) is 1.62. The third-order valence-corrected chi connectivity index (χ3v) is 3.69. The van der Waals surface area contributed by atoms with Gasteiger partial charge in [-0.25, -0.2) is 0 Å². The predicted octanol–water partition coefficient (Wildman–Crippen LogP) is 2.11. The number of nitrogens with zero attached hydrogens (tertiary/aromatic N) is 1. The molecular weight excluding hydrogens is 342 g/mol. The smallest absolute Gasteiger partial charge is 0.273 e. The maximum atomic E-state index is 11.0. The number of benzene rings is 1. The van der Waals surface area contributed by atoms with Crippen molar-refractivity contribution in [2.75, 3.05) is 6.61 Å². The van der Waals surface area contributed by atoms with E-state index < -0.39 is 16.4 Å². The Morgan fingerprint density at radius 2 is 2.14 bits per heavy atom. The standard InChI is InChI=1S/C13H18BrN3O4/c1-13(16,12(15)18)6-2-3-7-21-11-8-9(17(19)20)4-5-10(11)14/h4-5,8H,2-3,6-7,16H2,1H3,(H2,15,18). The molecule has 1 aromatic carbocycles. The van der Waals surface area contributed by atoms with Crippen LogP contribution in [-0.2, 0) is 4.79 Å². The quantitative estimate of drug-likeness (QED) is 0.418. The second-order valence-electron chi connectivity index (χ2n) is 4.96. The number of hydrogen-bond acceptors (Lipinski definition) is 5. The molecule has 4 N–H and O–H groups in total. The highest BCUT2D eigenvalue weighted by atomic mass is 79.9. The van der Waals surface area contributed by atoms with Crippen LogP contribution in [0.4, 0.5) is 5.69 Å². The summed E-state index contributed by atoms with van der Waals surface area (Å²) in [4.78, 5) is 21.3. The van der Waals surface area contributed by atoms with E-state index in [0.717, 1.165) is 0 Å². The summed E-state index contributed by atoms with van der Waals surface area (Å²) >= 11 is 3.27. The van der Waals surface area contributed by atoms with Gasteiger partial charge in [-0.1, -0.05) is 0 Å². The van der Waals surface area contributed by atoms with Crippen LogP contribution < -0.4 is 16.2 Å². The average molecular weight is 360 g/mol. The third kappa shape index (κ3) is 5.31. The number of halogens is 1. The monoisotopic (exact) mass is 359 g/mol. The number of carbonyl (C=O) groups excluding carboxylic acids is 1. The van der Waals surface area contributed by atoms with Gasteiger partial charge >= 0.3 is 0 Å². The number of carbonyl (C=O) groups is 1. The van der Waals surface area contributed by atoms with Crippen molar-refractivity contribution >= 4 is 27.5 Å². The van der Waals surface area contributed by atoms with Gasteiger partial charge in [0, 0.05) is 6.07 Å². The molecule has 0 fully saturated rings. The van der Waals surface area contributed by atoms with Crippen LogP contribution in [0.15, 0.2) is 22.7 Å². The Kier molecular flexibility index (Phi) is 6.10. The van der Waals surface area contributed by atoms with Crippen molar-refractivity contribution < 1.29 is 14.5 Å². The number of unbranched alkanes of at least 4 members (excludes halogenated alkanes) is 1. The van der Waals surface area contributed by atoms with Crippen LogP contribution in [0.3, 0.4) is 0 Å². The van der Waals surface area contributed by atoms with Gasteiger partial charge in [0.25, 0.3) is 5.69 Å². The lowest BCUT2D eigenvalue weighted by molar-refractivity contribution is -0.385. The first-order valence-electron chi connectivity index (χ1n) is 6.39. The van der Waals surface area contributed by atoms with E-state index in [2.05, 4.69) is 15.9 Å². The summed E-state index contributed by atoms with van der Waals surface area (Å²) in [5, 5.41) is 10.7. The predicted molar refractivity (Wildman–Crippen MR) is 81.9 cm³/mol. The number of hydrogen-bond donors (Lipinski definition) is 2. The van der Waals surface area contributed by atoms with E-state index in [1.54, 1.807) is 13.0 Å². The van der Waals surface area contributed by atoms with Gasteiger partial charge in [-0.3, -0.25) is 14.9 Å². The van der Waals surface area contributed by atoms with E-state index in [-0.39, 0.29) is 5.69 Å². The normalized spacial score (nSPS) is 13.5. The van der Waals surface area contributed by atoms with Crippen LogP contribution in [0.5, 0.6) is 5.75 Å². The number of non-ortho nitro benzene ring substituents is 1. The molecule has 1 rings (SSSR count). The summed E-state index contributed by atoms with van der Waals surface area (Å²) in [5.41, 5.74) is 9.86. The molecule has 0 spiro atoms. The molecule has 0 bridgehead atoms. The van der Waals surface area contributed by atoms with Gasteiger partial charge in [-0.05, 0) is 48.2 Å². The zero-order valence-electron chi connectivity index (χ0n) is 11.7. The van der Waals surface area contributed by atoms with Crippen molar-refractivity contribution in [3.05, 3.63) is 32.8 Å². The largest absolute Gasteiger partial charge is 0.492 e. The van der Waals surface area contributed by atoms with E-state index in [1.165, 1.54) is 12.1 Å². The molecule has 116 valence electrons. The van der Waals surface area contributed by atoms with E-state index in [9.17, 15) is 14.9 Å². The second kappa shape index (κ2) is 7.37. The molecule has 7 nitrogen and oxygen atoms in total. The molecule has 1 atom stereocenters. The highest BCUT2D eigenvalue weighted by Crippen LogP contribution is 2.29.